The normalized spacial score (nSPS) is 17.1. The first-order valence-electron chi connectivity index (χ1n) is 7.63. The van der Waals surface area contributed by atoms with Crippen LogP contribution in [0.2, 0.25) is 0 Å². The molecule has 114 valence electrons. The summed E-state index contributed by atoms with van der Waals surface area (Å²) in [5.41, 5.74) is 3.29. The van der Waals surface area contributed by atoms with Gasteiger partial charge in [-0.05, 0) is 30.4 Å². The fourth-order valence-corrected chi connectivity index (χ4v) is 6.02. The Bertz CT molecular complexity index is 628. The molecule has 0 saturated carbocycles. The quantitative estimate of drug-likeness (QED) is 0.710. The van der Waals surface area contributed by atoms with Gasteiger partial charge in [-0.2, -0.15) is 0 Å². The molecule has 0 N–H and O–H groups in total. The Hall–Kier alpha value is -1.19. The van der Waals surface area contributed by atoms with Crippen molar-refractivity contribution < 1.29 is 4.79 Å². The molecular formula is C19H20OS2. The fraction of sp³-hybridized carbons (Fsp3) is 0.316. The van der Waals surface area contributed by atoms with Gasteiger partial charge in [-0.25, -0.2) is 0 Å². The van der Waals surface area contributed by atoms with Gasteiger partial charge in [0, 0.05) is 12.0 Å². The van der Waals surface area contributed by atoms with Crippen molar-refractivity contribution >= 4 is 29.3 Å². The zero-order valence-corrected chi connectivity index (χ0v) is 14.4. The Morgan fingerprint density at radius 3 is 2.27 bits per heavy atom. The molecule has 0 spiro atoms. The van der Waals surface area contributed by atoms with E-state index in [0.717, 1.165) is 17.1 Å². The largest absolute Gasteiger partial charge is 0.294 e. The minimum absolute atomic E-state index is 0.124. The second-order valence-electron chi connectivity index (χ2n) is 5.64. The van der Waals surface area contributed by atoms with Crippen LogP contribution in [0.4, 0.5) is 0 Å². The molecule has 3 rings (SSSR count). The molecule has 1 fully saturated rings. The highest BCUT2D eigenvalue weighted by molar-refractivity contribution is 8.18. The van der Waals surface area contributed by atoms with E-state index in [9.17, 15) is 4.79 Å². The third-order valence-electron chi connectivity index (χ3n) is 3.94. The smallest absolute Gasteiger partial charge is 0.165 e. The van der Waals surface area contributed by atoms with E-state index in [4.69, 9.17) is 0 Å². The van der Waals surface area contributed by atoms with Gasteiger partial charge in [0.05, 0.1) is 4.08 Å². The molecule has 0 bridgehead atoms. The summed E-state index contributed by atoms with van der Waals surface area (Å²) in [5.74, 6) is 2.50. The highest BCUT2D eigenvalue weighted by Crippen LogP contribution is 2.53. The number of thioether (sulfide) groups is 2. The van der Waals surface area contributed by atoms with E-state index in [-0.39, 0.29) is 9.86 Å². The van der Waals surface area contributed by atoms with Crippen molar-refractivity contribution in [2.75, 3.05) is 11.5 Å². The van der Waals surface area contributed by atoms with Crippen molar-refractivity contribution in [3.8, 4) is 0 Å². The molecule has 1 saturated heterocycles. The molecule has 1 aliphatic rings. The fourth-order valence-electron chi connectivity index (χ4n) is 2.69. The molecule has 0 atom stereocenters. The number of carbonyl (C=O) groups is 1. The van der Waals surface area contributed by atoms with Crippen molar-refractivity contribution in [1.29, 1.82) is 0 Å². The van der Waals surface area contributed by atoms with Crippen molar-refractivity contribution in [3.05, 3.63) is 71.3 Å². The molecule has 1 heterocycles. The van der Waals surface area contributed by atoms with Gasteiger partial charge >= 0.3 is 0 Å². The number of hydrogen-bond donors (Lipinski definition) is 0. The molecule has 0 aromatic heterocycles. The van der Waals surface area contributed by atoms with Crippen molar-refractivity contribution in [1.82, 2.24) is 0 Å². The molecule has 3 heteroatoms. The third-order valence-corrected chi connectivity index (χ3v) is 7.32. The summed E-state index contributed by atoms with van der Waals surface area (Å²) >= 11 is 3.86. The number of carbonyl (C=O) groups excluding carboxylic acids is 1. The minimum Gasteiger partial charge on any atom is -0.294 e. The lowest BCUT2D eigenvalue weighted by molar-refractivity contribution is 0.0978. The van der Waals surface area contributed by atoms with Crippen LogP contribution in [0.3, 0.4) is 0 Å². The Kier molecular flexibility index (Phi) is 4.94. The topological polar surface area (TPSA) is 17.1 Å². The molecule has 2 aromatic carbocycles. The molecule has 0 radical (unpaired) electrons. The van der Waals surface area contributed by atoms with Gasteiger partial charge in [0.2, 0.25) is 0 Å². The second kappa shape index (κ2) is 6.93. The average Bonchev–Trinajstić information content (AvgIpc) is 2.57. The highest BCUT2D eigenvalue weighted by Gasteiger charge is 2.37. The maximum absolute atomic E-state index is 12.8. The second-order valence-corrected chi connectivity index (χ2v) is 8.68. The maximum atomic E-state index is 12.8. The van der Waals surface area contributed by atoms with E-state index >= 15 is 0 Å². The van der Waals surface area contributed by atoms with E-state index < -0.39 is 0 Å². The van der Waals surface area contributed by atoms with Crippen molar-refractivity contribution in [2.24, 2.45) is 0 Å². The lowest BCUT2D eigenvalue weighted by atomic mass is 10.0. The first kappa shape index (κ1) is 15.7. The summed E-state index contributed by atoms with van der Waals surface area (Å²) in [4.78, 5) is 12.8. The van der Waals surface area contributed by atoms with E-state index in [1.54, 1.807) is 0 Å². The molecular weight excluding hydrogens is 308 g/mol. The Labute approximate surface area is 140 Å². The Balaban J connectivity index is 1.87. The summed E-state index contributed by atoms with van der Waals surface area (Å²) in [6.45, 7) is 2.05. The van der Waals surface area contributed by atoms with Crippen molar-refractivity contribution in [3.63, 3.8) is 0 Å². The molecule has 0 aliphatic carbocycles. The Morgan fingerprint density at radius 2 is 1.64 bits per heavy atom. The van der Waals surface area contributed by atoms with Crippen LogP contribution in [0.5, 0.6) is 0 Å². The van der Waals surface area contributed by atoms with E-state index in [1.807, 2.05) is 60.8 Å². The van der Waals surface area contributed by atoms with E-state index in [2.05, 4.69) is 24.3 Å². The average molecular weight is 329 g/mol. The zero-order valence-electron chi connectivity index (χ0n) is 12.7. The zero-order chi connectivity index (χ0) is 15.4. The van der Waals surface area contributed by atoms with E-state index in [0.29, 0.717) is 6.42 Å². The standard InChI is InChI=1S/C19H20OS2/c1-15-8-10-16(11-9-15)18(20)14-19(21-12-5-13-22-19)17-6-3-2-4-7-17/h2-4,6-11H,5,12-14H2,1H3. The highest BCUT2D eigenvalue weighted by atomic mass is 32.2. The number of Topliss-reactive ketones (excluding diaryl/α,β-unsaturated/α-hetero) is 1. The maximum Gasteiger partial charge on any atom is 0.165 e. The summed E-state index contributed by atoms with van der Waals surface area (Å²) < 4.78 is -0.124. The predicted octanol–water partition coefficient (Wildman–Crippen LogP) is 5.29. The molecule has 0 amide bonds. The van der Waals surface area contributed by atoms with Gasteiger partial charge in [0.15, 0.2) is 5.78 Å². The number of ketones is 1. The van der Waals surface area contributed by atoms with Gasteiger partial charge in [-0.3, -0.25) is 4.79 Å². The van der Waals surface area contributed by atoms with Crippen LogP contribution in [0, 0.1) is 6.92 Å². The van der Waals surface area contributed by atoms with Crippen LogP contribution in [0.25, 0.3) is 0 Å². The molecule has 22 heavy (non-hydrogen) atoms. The van der Waals surface area contributed by atoms with Gasteiger partial charge in [0.25, 0.3) is 0 Å². The number of aryl methyl sites for hydroxylation is 1. The number of benzene rings is 2. The van der Waals surface area contributed by atoms with Crippen LogP contribution in [0.15, 0.2) is 54.6 Å². The van der Waals surface area contributed by atoms with Gasteiger partial charge in [-0.1, -0.05) is 60.2 Å². The van der Waals surface area contributed by atoms with Crippen LogP contribution in [-0.2, 0) is 4.08 Å². The minimum atomic E-state index is -0.124. The first-order chi connectivity index (χ1) is 10.7. The lowest BCUT2D eigenvalue weighted by Gasteiger charge is -2.36. The lowest BCUT2D eigenvalue weighted by Crippen LogP contribution is -2.26. The first-order valence-corrected chi connectivity index (χ1v) is 9.60. The van der Waals surface area contributed by atoms with Crippen LogP contribution in [-0.4, -0.2) is 17.3 Å². The summed E-state index contributed by atoms with van der Waals surface area (Å²) in [7, 11) is 0. The SMILES string of the molecule is Cc1ccc(C(=O)CC2(c3ccccc3)SCCCS2)cc1. The van der Waals surface area contributed by atoms with Crippen LogP contribution < -0.4 is 0 Å². The molecule has 1 nitrogen and oxygen atoms in total. The number of hydrogen-bond acceptors (Lipinski definition) is 3. The molecule has 0 unspecified atom stereocenters. The summed E-state index contributed by atoms with van der Waals surface area (Å²) in [5, 5.41) is 0. The van der Waals surface area contributed by atoms with Gasteiger partial charge < -0.3 is 0 Å². The number of rotatable bonds is 4. The summed E-state index contributed by atoms with van der Waals surface area (Å²) in [6, 6.07) is 18.4. The predicted molar refractivity (Wildman–Crippen MR) is 97.8 cm³/mol. The van der Waals surface area contributed by atoms with Crippen LogP contribution >= 0.6 is 23.5 Å². The van der Waals surface area contributed by atoms with Gasteiger partial charge in [-0.15, -0.1) is 23.5 Å². The summed E-state index contributed by atoms with van der Waals surface area (Å²) in [6.07, 6.45) is 1.79. The monoisotopic (exact) mass is 328 g/mol. The molecule has 2 aromatic rings. The Morgan fingerprint density at radius 1 is 1.00 bits per heavy atom. The van der Waals surface area contributed by atoms with Crippen molar-refractivity contribution in [2.45, 2.75) is 23.8 Å². The van der Waals surface area contributed by atoms with Gasteiger partial charge in [0.1, 0.15) is 0 Å². The third kappa shape index (κ3) is 3.41. The van der Waals surface area contributed by atoms with Crippen LogP contribution in [0.1, 0.15) is 34.3 Å². The molecule has 1 aliphatic heterocycles. The van der Waals surface area contributed by atoms with E-state index in [1.165, 1.54) is 17.5 Å².